The van der Waals surface area contributed by atoms with Crippen LogP contribution < -0.4 is 0 Å². The number of likely N-dealkylation sites (tertiary alicyclic amines) is 1. The van der Waals surface area contributed by atoms with Crippen LogP contribution in [0.2, 0.25) is 5.02 Å². The molecule has 0 bridgehead atoms. The highest BCUT2D eigenvalue weighted by molar-refractivity contribution is 6.35. The molecule has 0 unspecified atom stereocenters. The number of piperidine rings is 1. The van der Waals surface area contributed by atoms with Crippen molar-refractivity contribution in [2.45, 2.75) is 25.8 Å². The Labute approximate surface area is 139 Å². The summed E-state index contributed by atoms with van der Waals surface area (Å²) in [6, 6.07) is 2.84. The van der Waals surface area contributed by atoms with E-state index in [1.807, 2.05) is 0 Å². The van der Waals surface area contributed by atoms with Gasteiger partial charge in [-0.1, -0.05) is 11.6 Å². The third-order valence-corrected chi connectivity index (χ3v) is 4.63. The summed E-state index contributed by atoms with van der Waals surface area (Å²) in [5.74, 6) is -0.534. The molecule has 3 rings (SSSR count). The van der Waals surface area contributed by atoms with Gasteiger partial charge in [0, 0.05) is 38.3 Å². The number of hydrogen-bond acceptors (Lipinski definition) is 2. The van der Waals surface area contributed by atoms with Crippen molar-refractivity contribution in [2.24, 2.45) is 0 Å². The van der Waals surface area contributed by atoms with Crippen molar-refractivity contribution in [3.63, 3.8) is 0 Å². The minimum absolute atomic E-state index is 0.118. The average Bonchev–Trinajstić information content (AvgIpc) is 2.97. The average molecular weight is 339 g/mol. The van der Waals surface area contributed by atoms with Crippen molar-refractivity contribution in [2.75, 3.05) is 26.8 Å². The quantitative estimate of drug-likeness (QED) is 0.851. The minimum Gasteiger partial charge on any atom is -0.383 e. The predicted octanol–water partition coefficient (Wildman–Crippen LogP) is 3.71. The first kappa shape index (κ1) is 16.3. The Balaban J connectivity index is 2.08. The van der Waals surface area contributed by atoms with Crippen LogP contribution in [0.25, 0.3) is 10.9 Å². The number of aromatic nitrogens is 1. The lowest BCUT2D eigenvalue weighted by Gasteiger charge is -2.26. The second kappa shape index (κ2) is 6.89. The van der Waals surface area contributed by atoms with Crippen molar-refractivity contribution in [1.82, 2.24) is 9.47 Å². The molecule has 23 heavy (non-hydrogen) atoms. The number of methoxy groups -OCH3 is 1. The zero-order chi connectivity index (χ0) is 16.4. The van der Waals surface area contributed by atoms with Crippen LogP contribution in [0.3, 0.4) is 0 Å². The van der Waals surface area contributed by atoms with Gasteiger partial charge in [-0.15, -0.1) is 0 Å². The number of fused-ring (bicyclic) bond motifs is 1. The Bertz CT molecular complexity index is 723. The van der Waals surface area contributed by atoms with Gasteiger partial charge in [-0.3, -0.25) is 4.79 Å². The summed E-state index contributed by atoms with van der Waals surface area (Å²) in [7, 11) is 1.60. The topological polar surface area (TPSA) is 34.5 Å². The summed E-state index contributed by atoms with van der Waals surface area (Å²) < 4.78 is 21.3. The van der Waals surface area contributed by atoms with Gasteiger partial charge < -0.3 is 14.2 Å². The molecule has 6 heteroatoms. The fourth-order valence-corrected chi connectivity index (χ4v) is 3.42. The molecule has 2 aromatic rings. The molecule has 124 valence electrons. The van der Waals surface area contributed by atoms with E-state index in [1.165, 1.54) is 12.1 Å². The van der Waals surface area contributed by atoms with Crippen molar-refractivity contribution in [3.05, 3.63) is 34.7 Å². The van der Waals surface area contributed by atoms with Gasteiger partial charge in [0.05, 0.1) is 22.7 Å². The lowest BCUT2D eigenvalue weighted by molar-refractivity contribution is 0.0725. The summed E-state index contributed by atoms with van der Waals surface area (Å²) in [5, 5.41) is 0.749. The zero-order valence-corrected chi connectivity index (χ0v) is 13.9. The van der Waals surface area contributed by atoms with Gasteiger partial charge >= 0.3 is 0 Å². The highest BCUT2D eigenvalue weighted by Gasteiger charge is 2.25. The van der Waals surface area contributed by atoms with Crippen molar-refractivity contribution in [3.8, 4) is 0 Å². The van der Waals surface area contributed by atoms with Crippen LogP contribution in [-0.4, -0.2) is 42.2 Å². The smallest absolute Gasteiger partial charge is 0.256 e. The van der Waals surface area contributed by atoms with Crippen LogP contribution in [-0.2, 0) is 11.3 Å². The molecule has 2 heterocycles. The first-order chi connectivity index (χ1) is 11.1. The van der Waals surface area contributed by atoms with Crippen LogP contribution >= 0.6 is 11.6 Å². The Morgan fingerprint density at radius 1 is 1.30 bits per heavy atom. The molecule has 0 saturated carbocycles. The van der Waals surface area contributed by atoms with Crippen LogP contribution in [0.15, 0.2) is 18.3 Å². The van der Waals surface area contributed by atoms with E-state index in [9.17, 15) is 9.18 Å². The van der Waals surface area contributed by atoms with Gasteiger partial charge in [-0.05, 0) is 31.4 Å². The molecule has 4 nitrogen and oxygen atoms in total. The molecule has 1 amide bonds. The number of ether oxygens (including phenoxy) is 1. The summed E-state index contributed by atoms with van der Waals surface area (Å²) in [4.78, 5) is 14.6. The number of carbonyl (C=O) groups is 1. The maximum Gasteiger partial charge on any atom is 0.256 e. The molecule has 1 aliphatic rings. The van der Waals surface area contributed by atoms with Crippen LogP contribution in [0.5, 0.6) is 0 Å². The van der Waals surface area contributed by atoms with Gasteiger partial charge in [0.2, 0.25) is 0 Å². The van der Waals surface area contributed by atoms with Gasteiger partial charge in [-0.25, -0.2) is 4.39 Å². The van der Waals surface area contributed by atoms with E-state index in [1.54, 1.807) is 22.8 Å². The predicted molar refractivity (Wildman–Crippen MR) is 88.5 cm³/mol. The first-order valence-electron chi connectivity index (χ1n) is 7.88. The molecule has 1 fully saturated rings. The zero-order valence-electron chi connectivity index (χ0n) is 13.1. The number of nitrogens with zero attached hydrogens (tertiary/aromatic N) is 2. The van der Waals surface area contributed by atoms with Gasteiger partial charge in [-0.2, -0.15) is 0 Å². The van der Waals surface area contributed by atoms with Crippen LogP contribution in [0, 0.1) is 5.82 Å². The lowest BCUT2D eigenvalue weighted by Crippen LogP contribution is -2.35. The Hall–Kier alpha value is -1.59. The molecule has 1 aromatic heterocycles. The maximum atomic E-state index is 14.4. The molecule has 0 N–H and O–H groups in total. The Morgan fingerprint density at radius 2 is 2.04 bits per heavy atom. The van der Waals surface area contributed by atoms with Gasteiger partial charge in [0.25, 0.3) is 5.91 Å². The molecular formula is C17H20ClFN2O2. The van der Waals surface area contributed by atoms with Gasteiger partial charge in [0.15, 0.2) is 0 Å². The highest BCUT2D eigenvalue weighted by Crippen LogP contribution is 2.31. The van der Waals surface area contributed by atoms with Crippen LogP contribution in [0.1, 0.15) is 29.6 Å². The van der Waals surface area contributed by atoms with E-state index in [-0.39, 0.29) is 5.91 Å². The number of rotatable bonds is 4. The molecule has 0 atom stereocenters. The van der Waals surface area contributed by atoms with E-state index in [4.69, 9.17) is 16.3 Å². The molecule has 1 aromatic carbocycles. The maximum absolute atomic E-state index is 14.4. The molecule has 0 spiro atoms. The van der Waals surface area contributed by atoms with E-state index < -0.39 is 5.82 Å². The Kier molecular flexibility index (Phi) is 4.87. The molecular weight excluding hydrogens is 319 g/mol. The summed E-state index contributed by atoms with van der Waals surface area (Å²) in [6.07, 6.45) is 4.84. The minimum atomic E-state index is -0.416. The normalized spacial score (nSPS) is 15.3. The van der Waals surface area contributed by atoms with Crippen LogP contribution in [0.4, 0.5) is 4.39 Å². The van der Waals surface area contributed by atoms with E-state index in [0.717, 1.165) is 32.4 Å². The fourth-order valence-electron chi connectivity index (χ4n) is 3.16. The number of benzene rings is 1. The summed E-state index contributed by atoms with van der Waals surface area (Å²) in [6.45, 7) is 2.44. The number of halogens is 2. The molecule has 1 aliphatic heterocycles. The Morgan fingerprint density at radius 3 is 2.74 bits per heavy atom. The highest BCUT2D eigenvalue weighted by atomic mass is 35.5. The standard InChI is InChI=1S/C17H20ClFN2O2/c1-23-10-9-21-11-12(17(22)20-7-3-2-4-8-20)15-14(19)6-5-13(18)16(15)21/h5-6,11H,2-4,7-10H2,1H3. The first-order valence-corrected chi connectivity index (χ1v) is 8.26. The second-order valence-corrected chi connectivity index (χ2v) is 6.24. The van der Waals surface area contributed by atoms with E-state index >= 15 is 0 Å². The van der Waals surface area contributed by atoms with E-state index in [0.29, 0.717) is 34.6 Å². The summed E-state index contributed by atoms with van der Waals surface area (Å²) in [5.41, 5.74) is 0.946. The molecule has 0 aliphatic carbocycles. The number of carbonyl (C=O) groups excluding carboxylic acids is 1. The van der Waals surface area contributed by atoms with Crippen molar-refractivity contribution < 1.29 is 13.9 Å². The fraction of sp³-hybridized carbons (Fsp3) is 0.471. The lowest BCUT2D eigenvalue weighted by atomic mass is 10.1. The monoisotopic (exact) mass is 338 g/mol. The second-order valence-electron chi connectivity index (χ2n) is 5.83. The van der Waals surface area contributed by atoms with E-state index in [2.05, 4.69) is 0 Å². The van der Waals surface area contributed by atoms with Crippen molar-refractivity contribution in [1.29, 1.82) is 0 Å². The third-order valence-electron chi connectivity index (χ3n) is 4.33. The molecule has 0 radical (unpaired) electrons. The SMILES string of the molecule is COCCn1cc(C(=O)N2CCCCC2)c2c(F)ccc(Cl)c21. The third kappa shape index (κ3) is 3.08. The molecule has 1 saturated heterocycles. The van der Waals surface area contributed by atoms with Crippen molar-refractivity contribution >= 4 is 28.4 Å². The number of hydrogen-bond donors (Lipinski definition) is 0. The number of amides is 1. The largest absolute Gasteiger partial charge is 0.383 e. The summed E-state index contributed by atoms with van der Waals surface area (Å²) >= 11 is 6.26. The van der Waals surface area contributed by atoms with Gasteiger partial charge in [0.1, 0.15) is 5.82 Å².